The highest BCUT2D eigenvalue weighted by atomic mass is 16.6. The van der Waals surface area contributed by atoms with Crippen molar-refractivity contribution in [2.24, 2.45) is 0 Å². The molecule has 0 spiro atoms. The van der Waals surface area contributed by atoms with Gasteiger partial charge in [-0.2, -0.15) is 0 Å². The molecule has 0 rings (SSSR count). The predicted octanol–water partition coefficient (Wildman–Crippen LogP) is 20.1. The highest BCUT2D eigenvalue weighted by Gasteiger charge is 2.19. The quantitative estimate of drug-likeness (QED) is 0.0262. The normalized spacial score (nSPS) is 12.0. The Kier molecular flexibility index (Phi) is 55.2. The molecule has 1 unspecified atom stereocenters. The van der Waals surface area contributed by atoms with Crippen LogP contribution in [0.1, 0.15) is 342 Å². The smallest absolute Gasteiger partial charge is 0.306 e. The zero-order chi connectivity index (χ0) is 48.6. The van der Waals surface area contributed by atoms with Crippen LogP contribution in [0.3, 0.4) is 0 Å². The summed E-state index contributed by atoms with van der Waals surface area (Å²) in [6.07, 6.45) is 65.3. The average molecular weight is 946 g/mol. The lowest BCUT2D eigenvalue weighted by atomic mass is 10.0. The molecule has 0 aromatic rings. The molecule has 0 aliphatic heterocycles. The fraction of sp³-hybridized carbons (Fsp3) is 0.918. The van der Waals surface area contributed by atoms with E-state index >= 15 is 0 Å². The van der Waals surface area contributed by atoms with Gasteiger partial charge in [0.2, 0.25) is 0 Å². The summed E-state index contributed by atoms with van der Waals surface area (Å²) in [5.74, 6) is -0.848. The van der Waals surface area contributed by atoms with Crippen molar-refractivity contribution in [3.63, 3.8) is 0 Å². The molecule has 67 heavy (non-hydrogen) atoms. The molecule has 6 nitrogen and oxygen atoms in total. The molecule has 0 saturated carbocycles. The van der Waals surface area contributed by atoms with Crippen LogP contribution in [-0.4, -0.2) is 37.2 Å². The van der Waals surface area contributed by atoms with Crippen molar-refractivity contribution in [2.75, 3.05) is 13.2 Å². The van der Waals surface area contributed by atoms with Crippen LogP contribution in [0.25, 0.3) is 0 Å². The van der Waals surface area contributed by atoms with Crippen LogP contribution in [0, 0.1) is 0 Å². The van der Waals surface area contributed by atoms with Gasteiger partial charge in [0, 0.05) is 19.3 Å². The third-order valence-corrected chi connectivity index (χ3v) is 13.8. The van der Waals surface area contributed by atoms with Gasteiger partial charge in [-0.25, -0.2) is 0 Å². The molecule has 0 aromatic heterocycles. The van der Waals surface area contributed by atoms with Crippen LogP contribution in [0.2, 0.25) is 0 Å². The van der Waals surface area contributed by atoms with E-state index in [1.54, 1.807) is 0 Å². The summed E-state index contributed by atoms with van der Waals surface area (Å²) in [7, 11) is 0. The van der Waals surface area contributed by atoms with Crippen molar-refractivity contribution in [3.8, 4) is 0 Å². The number of allylic oxidation sites excluding steroid dienone is 2. The van der Waals surface area contributed by atoms with Gasteiger partial charge >= 0.3 is 17.9 Å². The van der Waals surface area contributed by atoms with E-state index in [4.69, 9.17) is 14.2 Å². The molecule has 6 heteroatoms. The number of ether oxygens (including phenoxy) is 3. The summed E-state index contributed by atoms with van der Waals surface area (Å²) in [6.45, 7) is 6.65. The number of unbranched alkanes of at least 4 members (excludes halogenated alkanes) is 43. The van der Waals surface area contributed by atoms with Crippen LogP contribution in [0.4, 0.5) is 0 Å². The molecule has 0 aliphatic rings. The van der Waals surface area contributed by atoms with Gasteiger partial charge < -0.3 is 14.2 Å². The van der Waals surface area contributed by atoms with Crippen LogP contribution < -0.4 is 0 Å². The number of carbonyl (C=O) groups excluding carboxylic acids is 3. The summed E-state index contributed by atoms with van der Waals surface area (Å²) >= 11 is 0. The molecule has 0 N–H and O–H groups in total. The van der Waals surface area contributed by atoms with E-state index in [1.165, 1.54) is 244 Å². The molecule has 0 saturated heterocycles. The fourth-order valence-corrected chi connectivity index (χ4v) is 9.21. The Morgan fingerprint density at radius 3 is 0.746 bits per heavy atom. The van der Waals surface area contributed by atoms with Crippen molar-refractivity contribution in [1.82, 2.24) is 0 Å². The van der Waals surface area contributed by atoms with E-state index in [9.17, 15) is 14.4 Å². The second kappa shape index (κ2) is 56.7. The highest BCUT2D eigenvalue weighted by molar-refractivity contribution is 5.71. The fourth-order valence-electron chi connectivity index (χ4n) is 9.21. The summed E-state index contributed by atoms with van der Waals surface area (Å²) in [5, 5.41) is 0. The molecule has 0 amide bonds. The molecule has 0 heterocycles. The lowest BCUT2D eigenvalue weighted by molar-refractivity contribution is -0.167. The van der Waals surface area contributed by atoms with Crippen LogP contribution in [0.5, 0.6) is 0 Å². The zero-order valence-electron chi connectivity index (χ0n) is 45.5. The van der Waals surface area contributed by atoms with Crippen molar-refractivity contribution < 1.29 is 28.6 Å². The largest absolute Gasteiger partial charge is 0.462 e. The van der Waals surface area contributed by atoms with Crippen LogP contribution in [-0.2, 0) is 28.6 Å². The van der Waals surface area contributed by atoms with Gasteiger partial charge in [0.1, 0.15) is 13.2 Å². The minimum Gasteiger partial charge on any atom is -0.462 e. The highest BCUT2D eigenvalue weighted by Crippen LogP contribution is 2.17. The monoisotopic (exact) mass is 945 g/mol. The number of hydrogen-bond acceptors (Lipinski definition) is 6. The minimum atomic E-state index is -0.762. The van der Waals surface area contributed by atoms with E-state index in [1.807, 2.05) is 0 Å². The van der Waals surface area contributed by atoms with Crippen molar-refractivity contribution in [2.45, 2.75) is 348 Å². The minimum absolute atomic E-state index is 0.0640. The maximum atomic E-state index is 12.8. The Bertz CT molecular complexity index is 1040. The molecule has 396 valence electrons. The lowest BCUT2D eigenvalue weighted by Crippen LogP contribution is -2.30. The van der Waals surface area contributed by atoms with E-state index in [2.05, 4.69) is 32.9 Å². The molecule has 1 atom stereocenters. The number of carbonyl (C=O) groups is 3. The van der Waals surface area contributed by atoms with Gasteiger partial charge in [-0.1, -0.05) is 290 Å². The second-order valence-corrected chi connectivity index (χ2v) is 20.6. The lowest BCUT2D eigenvalue weighted by Gasteiger charge is -2.18. The average Bonchev–Trinajstić information content (AvgIpc) is 3.33. The van der Waals surface area contributed by atoms with E-state index in [0.717, 1.165) is 57.8 Å². The standard InChI is InChI=1S/C61H116O6/c1-4-7-10-13-16-18-20-22-24-25-26-27-28-29-30-31-32-33-34-35-37-38-40-42-45-48-51-54-60(63)66-57-58(56-65-59(62)53-50-47-44-15-12-9-6-3)67-61(64)55-52-49-46-43-41-39-36-23-21-19-17-14-11-8-5-2/h25-26,58H,4-24,27-57H2,1-3H3/b26-25-. The van der Waals surface area contributed by atoms with Crippen LogP contribution in [0.15, 0.2) is 12.2 Å². The first-order valence-electron chi connectivity index (χ1n) is 30.2. The zero-order valence-corrected chi connectivity index (χ0v) is 45.5. The number of esters is 3. The van der Waals surface area contributed by atoms with Gasteiger partial charge in [-0.05, 0) is 44.9 Å². The molecule has 0 fully saturated rings. The molecule has 0 aliphatic carbocycles. The Balaban J connectivity index is 4.03. The predicted molar refractivity (Wildman–Crippen MR) is 289 cm³/mol. The summed E-state index contributed by atoms with van der Waals surface area (Å²) in [6, 6.07) is 0. The first kappa shape index (κ1) is 65.1. The summed E-state index contributed by atoms with van der Waals surface area (Å²) in [5.41, 5.74) is 0. The van der Waals surface area contributed by atoms with Crippen LogP contribution >= 0.6 is 0 Å². The maximum Gasteiger partial charge on any atom is 0.306 e. The van der Waals surface area contributed by atoms with E-state index < -0.39 is 6.10 Å². The molecule has 0 aromatic carbocycles. The Morgan fingerprint density at radius 2 is 0.493 bits per heavy atom. The Morgan fingerprint density at radius 1 is 0.284 bits per heavy atom. The van der Waals surface area contributed by atoms with Gasteiger partial charge in [0.25, 0.3) is 0 Å². The Hall–Kier alpha value is -1.85. The molecular weight excluding hydrogens is 829 g/mol. The van der Waals surface area contributed by atoms with Gasteiger partial charge in [-0.3, -0.25) is 14.4 Å². The SMILES string of the molecule is CCCCCCCCCC/C=C\CCCCCCCCCCCCCCCCCC(=O)OCC(COC(=O)CCCCCCCCC)OC(=O)CCCCCCCCCCCCCCCCC. The van der Waals surface area contributed by atoms with Crippen molar-refractivity contribution in [1.29, 1.82) is 0 Å². The van der Waals surface area contributed by atoms with E-state index in [-0.39, 0.29) is 31.1 Å². The van der Waals surface area contributed by atoms with Gasteiger partial charge in [0.15, 0.2) is 6.10 Å². The van der Waals surface area contributed by atoms with Crippen molar-refractivity contribution >= 4 is 17.9 Å². The third-order valence-electron chi connectivity index (χ3n) is 13.8. The first-order valence-corrected chi connectivity index (χ1v) is 30.2. The Labute approximate surface area is 418 Å². The van der Waals surface area contributed by atoms with Gasteiger partial charge in [0.05, 0.1) is 0 Å². The number of hydrogen-bond donors (Lipinski definition) is 0. The molecule has 0 radical (unpaired) electrons. The van der Waals surface area contributed by atoms with Gasteiger partial charge in [-0.15, -0.1) is 0 Å². The number of rotatable bonds is 56. The van der Waals surface area contributed by atoms with E-state index in [0.29, 0.717) is 19.3 Å². The molecular formula is C61H116O6. The summed E-state index contributed by atoms with van der Waals surface area (Å²) < 4.78 is 16.8. The first-order chi connectivity index (χ1) is 33.0. The maximum absolute atomic E-state index is 12.8. The third kappa shape index (κ3) is 55.0. The van der Waals surface area contributed by atoms with Crippen molar-refractivity contribution in [3.05, 3.63) is 12.2 Å². The second-order valence-electron chi connectivity index (χ2n) is 20.6. The summed E-state index contributed by atoms with van der Waals surface area (Å²) in [4.78, 5) is 37.9. The molecule has 0 bridgehead atoms. The topological polar surface area (TPSA) is 78.9 Å².